The molecule has 0 aliphatic rings. The molecule has 0 aliphatic heterocycles. The summed E-state index contributed by atoms with van der Waals surface area (Å²) in [6.45, 7) is 1.56. The molecule has 2 atom stereocenters. The van der Waals surface area contributed by atoms with Crippen LogP contribution in [0.1, 0.15) is 13.3 Å². The number of nitrogens with zero attached hydrogens (tertiary/aromatic N) is 1. The van der Waals surface area contributed by atoms with Crippen molar-refractivity contribution < 1.29 is 28.7 Å². The summed E-state index contributed by atoms with van der Waals surface area (Å²) in [5.41, 5.74) is -1.16. The summed E-state index contributed by atoms with van der Waals surface area (Å²) < 4.78 is 33.5. The Morgan fingerprint density at radius 3 is 2.54 bits per heavy atom. The van der Waals surface area contributed by atoms with Gasteiger partial charge in [0.15, 0.2) is 0 Å². The summed E-state index contributed by atoms with van der Waals surface area (Å²) in [5, 5.41) is 33.2. The molecule has 0 aromatic heterocycles. The van der Waals surface area contributed by atoms with E-state index in [0.717, 1.165) is 6.07 Å². The summed E-state index contributed by atoms with van der Waals surface area (Å²) in [4.78, 5) is 10.6. The fourth-order valence-corrected chi connectivity index (χ4v) is 2.55. The van der Waals surface area contributed by atoms with E-state index in [0.29, 0.717) is 9.64 Å². The predicted octanol–water partition coefficient (Wildman–Crippen LogP) is 3.69. The van der Waals surface area contributed by atoms with E-state index in [1.807, 2.05) is 22.6 Å². The number of anilines is 2. The number of aliphatic hydroxyl groups is 2. The molecule has 0 fully saturated rings. The normalized spacial score (nSPS) is 13.2. The van der Waals surface area contributed by atoms with Gasteiger partial charge in [0.25, 0.3) is 0 Å². The molecular formula is C16H15F2IN2O5. The first kappa shape index (κ1) is 20.3. The van der Waals surface area contributed by atoms with Gasteiger partial charge >= 0.3 is 5.69 Å². The van der Waals surface area contributed by atoms with Crippen molar-refractivity contribution in [1.29, 1.82) is 0 Å². The molecule has 7 nitrogen and oxygen atoms in total. The molecule has 0 bridgehead atoms. The topological polar surface area (TPSA) is 105 Å². The molecule has 2 rings (SSSR count). The van der Waals surface area contributed by atoms with Crippen LogP contribution >= 0.6 is 22.6 Å². The lowest BCUT2D eigenvalue weighted by Gasteiger charge is -2.19. The second-order valence-corrected chi connectivity index (χ2v) is 6.54. The SMILES string of the molecule is CCC(O)C(O)Oc1cc(F)cc(Nc2ccc(I)cc2F)c1[N+](=O)[O-]. The molecule has 0 heterocycles. The Morgan fingerprint density at radius 2 is 1.96 bits per heavy atom. The van der Waals surface area contributed by atoms with E-state index in [1.54, 1.807) is 13.0 Å². The highest BCUT2D eigenvalue weighted by atomic mass is 127. The lowest BCUT2D eigenvalue weighted by atomic mass is 10.2. The van der Waals surface area contributed by atoms with Gasteiger partial charge in [-0.05, 0) is 47.2 Å². The van der Waals surface area contributed by atoms with Gasteiger partial charge in [-0.1, -0.05) is 6.92 Å². The van der Waals surface area contributed by atoms with Gasteiger partial charge in [-0.15, -0.1) is 0 Å². The second-order valence-electron chi connectivity index (χ2n) is 5.29. The molecule has 0 saturated heterocycles. The van der Waals surface area contributed by atoms with Gasteiger partial charge in [0, 0.05) is 15.7 Å². The van der Waals surface area contributed by atoms with E-state index in [9.17, 15) is 29.1 Å². The predicted molar refractivity (Wildman–Crippen MR) is 98.4 cm³/mol. The van der Waals surface area contributed by atoms with Crippen molar-refractivity contribution in [2.24, 2.45) is 0 Å². The molecule has 10 heteroatoms. The van der Waals surface area contributed by atoms with Gasteiger partial charge in [0.1, 0.15) is 23.4 Å². The molecular weight excluding hydrogens is 465 g/mol. The van der Waals surface area contributed by atoms with E-state index in [1.165, 1.54) is 12.1 Å². The molecule has 0 spiro atoms. The van der Waals surface area contributed by atoms with Gasteiger partial charge in [0.05, 0.1) is 10.6 Å². The number of aliphatic hydroxyl groups excluding tert-OH is 2. The zero-order valence-electron chi connectivity index (χ0n) is 13.4. The third kappa shape index (κ3) is 4.77. The molecule has 3 N–H and O–H groups in total. The van der Waals surface area contributed by atoms with Crippen molar-refractivity contribution in [2.75, 3.05) is 5.32 Å². The number of nitro groups is 1. The minimum atomic E-state index is -1.79. The summed E-state index contributed by atoms with van der Waals surface area (Å²) in [6.07, 6.45) is -2.99. The number of benzene rings is 2. The third-order valence-electron chi connectivity index (χ3n) is 3.42. The van der Waals surface area contributed by atoms with Crippen molar-refractivity contribution in [1.82, 2.24) is 0 Å². The Kier molecular flexibility index (Phi) is 6.67. The smallest absolute Gasteiger partial charge is 0.334 e. The van der Waals surface area contributed by atoms with Crippen LogP contribution in [0.25, 0.3) is 0 Å². The number of ether oxygens (including phenoxy) is 1. The second kappa shape index (κ2) is 8.56. The largest absolute Gasteiger partial charge is 0.455 e. The van der Waals surface area contributed by atoms with Crippen LogP contribution in [0, 0.1) is 25.3 Å². The average molecular weight is 480 g/mol. The highest BCUT2D eigenvalue weighted by Crippen LogP contribution is 2.38. The lowest BCUT2D eigenvalue weighted by Crippen LogP contribution is -2.31. The molecule has 26 heavy (non-hydrogen) atoms. The van der Waals surface area contributed by atoms with Gasteiger partial charge in [-0.2, -0.15) is 0 Å². The van der Waals surface area contributed by atoms with E-state index in [2.05, 4.69) is 5.32 Å². The molecule has 2 aromatic rings. The van der Waals surface area contributed by atoms with Crippen molar-refractivity contribution in [3.05, 3.63) is 55.7 Å². The third-order valence-corrected chi connectivity index (χ3v) is 4.09. The lowest BCUT2D eigenvalue weighted by molar-refractivity contribution is -0.385. The summed E-state index contributed by atoms with van der Waals surface area (Å²) in [7, 11) is 0. The fourth-order valence-electron chi connectivity index (χ4n) is 2.09. The minimum Gasteiger partial charge on any atom is -0.455 e. The van der Waals surface area contributed by atoms with Crippen LogP contribution in [-0.4, -0.2) is 27.5 Å². The number of hydrogen-bond donors (Lipinski definition) is 3. The Morgan fingerprint density at radius 1 is 1.27 bits per heavy atom. The van der Waals surface area contributed by atoms with E-state index >= 15 is 0 Å². The van der Waals surface area contributed by atoms with Crippen molar-refractivity contribution in [3.63, 3.8) is 0 Å². The van der Waals surface area contributed by atoms with Crippen LogP contribution in [0.5, 0.6) is 5.75 Å². The van der Waals surface area contributed by atoms with Crippen molar-refractivity contribution in [2.45, 2.75) is 25.7 Å². The molecule has 0 aliphatic carbocycles. The fraction of sp³-hybridized carbons (Fsp3) is 0.250. The van der Waals surface area contributed by atoms with Crippen LogP contribution in [0.4, 0.5) is 25.8 Å². The highest BCUT2D eigenvalue weighted by molar-refractivity contribution is 14.1. The highest BCUT2D eigenvalue weighted by Gasteiger charge is 2.27. The Bertz CT molecular complexity index is 821. The maximum atomic E-state index is 14.0. The zero-order chi connectivity index (χ0) is 19.4. The molecule has 0 radical (unpaired) electrons. The zero-order valence-corrected chi connectivity index (χ0v) is 15.6. The van der Waals surface area contributed by atoms with Crippen LogP contribution in [0.2, 0.25) is 0 Å². The summed E-state index contributed by atoms with van der Waals surface area (Å²) in [6, 6.07) is 5.63. The monoisotopic (exact) mass is 480 g/mol. The Hall–Kier alpha value is -2.05. The van der Waals surface area contributed by atoms with E-state index in [-0.39, 0.29) is 17.8 Å². The van der Waals surface area contributed by atoms with Crippen LogP contribution in [0.3, 0.4) is 0 Å². The first-order valence-electron chi connectivity index (χ1n) is 7.45. The summed E-state index contributed by atoms with van der Waals surface area (Å²) >= 11 is 1.90. The number of halogens is 3. The number of nitro benzene ring substituents is 1. The van der Waals surface area contributed by atoms with Crippen molar-refractivity contribution >= 4 is 39.7 Å². The standard InChI is InChI=1S/C16H15F2IN2O5/c1-2-13(22)16(23)26-14-6-8(17)5-12(15(14)21(24)25)20-11-4-3-9(19)7-10(11)18/h3-7,13,16,20,22-23H,2H2,1H3. The maximum Gasteiger partial charge on any atom is 0.334 e. The van der Waals surface area contributed by atoms with Crippen LogP contribution in [-0.2, 0) is 0 Å². The summed E-state index contributed by atoms with van der Waals surface area (Å²) in [5.74, 6) is -2.18. The van der Waals surface area contributed by atoms with Gasteiger partial charge < -0.3 is 20.3 Å². The van der Waals surface area contributed by atoms with Gasteiger partial charge in [-0.25, -0.2) is 8.78 Å². The molecule has 140 valence electrons. The molecule has 0 amide bonds. The first-order valence-corrected chi connectivity index (χ1v) is 8.53. The van der Waals surface area contributed by atoms with Gasteiger partial charge in [0.2, 0.25) is 12.0 Å². The minimum absolute atomic E-state index is 0.0980. The number of nitrogens with one attached hydrogen (secondary N) is 1. The molecule has 2 aromatic carbocycles. The average Bonchev–Trinajstić information content (AvgIpc) is 2.55. The van der Waals surface area contributed by atoms with Crippen LogP contribution in [0.15, 0.2) is 30.3 Å². The number of hydrogen-bond acceptors (Lipinski definition) is 6. The van der Waals surface area contributed by atoms with Crippen LogP contribution < -0.4 is 10.1 Å². The van der Waals surface area contributed by atoms with Gasteiger partial charge in [-0.3, -0.25) is 10.1 Å². The van der Waals surface area contributed by atoms with E-state index in [4.69, 9.17) is 4.74 Å². The van der Waals surface area contributed by atoms with E-state index < -0.39 is 40.4 Å². The maximum absolute atomic E-state index is 14.0. The molecule has 0 saturated carbocycles. The molecule has 2 unspecified atom stereocenters. The first-order chi connectivity index (χ1) is 12.2. The Labute approximate surface area is 160 Å². The number of rotatable bonds is 7. The quantitative estimate of drug-likeness (QED) is 0.242. The Balaban J connectivity index is 2.47. The van der Waals surface area contributed by atoms with Crippen molar-refractivity contribution in [3.8, 4) is 5.75 Å².